The number of nitrogens with zero attached hydrogens (tertiary/aromatic N) is 4. The first kappa shape index (κ1) is 24.1. The van der Waals surface area contributed by atoms with Crippen LogP contribution in [0.5, 0.6) is 17.2 Å². The smallest absolute Gasteiger partial charge is 0.259 e. The molecule has 0 saturated carbocycles. The van der Waals surface area contributed by atoms with Crippen molar-refractivity contribution in [2.24, 2.45) is 12.8 Å². The number of carbonyl (C=O) groups excluding carboxylic acids is 2. The zero-order valence-corrected chi connectivity index (χ0v) is 20.7. The Morgan fingerprint density at radius 3 is 2.46 bits per heavy atom. The molecular formula is C27H28N6O4. The summed E-state index contributed by atoms with van der Waals surface area (Å²) in [7, 11) is 3.27. The highest BCUT2D eigenvalue weighted by atomic mass is 16.5. The Balaban J connectivity index is 1.36. The van der Waals surface area contributed by atoms with E-state index in [1.807, 2.05) is 29.2 Å². The zero-order valence-electron chi connectivity index (χ0n) is 20.7. The largest absolute Gasteiger partial charge is 0.496 e. The lowest BCUT2D eigenvalue weighted by Gasteiger charge is -2.26. The van der Waals surface area contributed by atoms with Crippen LogP contribution in [0.25, 0.3) is 10.9 Å². The van der Waals surface area contributed by atoms with E-state index in [2.05, 4.69) is 15.4 Å². The van der Waals surface area contributed by atoms with Crippen molar-refractivity contribution >= 4 is 34.2 Å². The van der Waals surface area contributed by atoms with E-state index in [9.17, 15) is 9.59 Å². The second-order valence-corrected chi connectivity index (χ2v) is 8.91. The lowest BCUT2D eigenvalue weighted by Crippen LogP contribution is -2.35. The molecule has 5 rings (SSSR count). The van der Waals surface area contributed by atoms with Gasteiger partial charge in [-0.25, -0.2) is 0 Å². The normalized spacial score (nSPS) is 13.4. The third kappa shape index (κ3) is 5.04. The Kier molecular flexibility index (Phi) is 6.63. The molecule has 1 aliphatic heterocycles. The number of carbonyl (C=O) groups is 2. The van der Waals surface area contributed by atoms with E-state index in [4.69, 9.17) is 15.2 Å². The number of nitrogens with one attached hydrogen (secondary N) is 1. The summed E-state index contributed by atoms with van der Waals surface area (Å²) >= 11 is 0. The number of primary amides is 1. The number of hydrogen-bond donors (Lipinski definition) is 2. The molecule has 0 unspecified atom stereocenters. The number of piperidine rings is 1. The predicted molar refractivity (Wildman–Crippen MR) is 140 cm³/mol. The second-order valence-electron chi connectivity index (χ2n) is 8.91. The number of pyridine rings is 1. The lowest BCUT2D eigenvalue weighted by molar-refractivity contribution is 0.0725. The molecule has 2 amide bonds. The number of fused-ring (bicyclic) bond motifs is 1. The molecule has 0 bridgehead atoms. The van der Waals surface area contributed by atoms with Crippen molar-refractivity contribution in [2.75, 3.05) is 25.5 Å². The molecule has 0 aliphatic carbocycles. The first-order valence-corrected chi connectivity index (χ1v) is 12.1. The van der Waals surface area contributed by atoms with Gasteiger partial charge in [0.2, 0.25) is 0 Å². The molecule has 2 aromatic heterocycles. The average Bonchev–Trinajstić information content (AvgIpc) is 3.28. The third-order valence-electron chi connectivity index (χ3n) is 6.34. The summed E-state index contributed by atoms with van der Waals surface area (Å²) in [6.07, 6.45) is 6.59. The predicted octanol–water partition coefficient (Wildman–Crippen LogP) is 4.24. The van der Waals surface area contributed by atoms with E-state index in [0.29, 0.717) is 39.5 Å². The number of aromatic nitrogens is 3. The number of benzene rings is 2. The minimum Gasteiger partial charge on any atom is -0.496 e. The van der Waals surface area contributed by atoms with Gasteiger partial charge in [-0.1, -0.05) is 0 Å². The van der Waals surface area contributed by atoms with Crippen LogP contribution in [0.2, 0.25) is 0 Å². The van der Waals surface area contributed by atoms with E-state index in [1.54, 1.807) is 42.3 Å². The van der Waals surface area contributed by atoms with Gasteiger partial charge >= 0.3 is 0 Å². The molecule has 0 atom stereocenters. The summed E-state index contributed by atoms with van der Waals surface area (Å²) in [5.41, 5.74) is 7.69. The average molecular weight is 501 g/mol. The molecule has 10 heteroatoms. The summed E-state index contributed by atoms with van der Waals surface area (Å²) in [6, 6.07) is 12.3. The van der Waals surface area contributed by atoms with Crippen molar-refractivity contribution < 1.29 is 19.1 Å². The summed E-state index contributed by atoms with van der Waals surface area (Å²) in [5, 5.41) is 8.34. The minimum absolute atomic E-state index is 0.00761. The van der Waals surface area contributed by atoms with Crippen LogP contribution < -0.4 is 20.5 Å². The Morgan fingerprint density at radius 2 is 1.76 bits per heavy atom. The number of amides is 2. The Labute approximate surface area is 214 Å². The van der Waals surface area contributed by atoms with Crippen LogP contribution in [0.4, 0.5) is 11.5 Å². The van der Waals surface area contributed by atoms with Gasteiger partial charge in [0.25, 0.3) is 11.8 Å². The molecule has 2 aromatic carbocycles. The molecule has 0 radical (unpaired) electrons. The van der Waals surface area contributed by atoms with E-state index in [1.165, 1.54) is 7.11 Å². The fourth-order valence-corrected chi connectivity index (χ4v) is 4.47. The molecule has 1 saturated heterocycles. The Morgan fingerprint density at radius 1 is 1.00 bits per heavy atom. The Hall–Kier alpha value is -4.60. The van der Waals surface area contributed by atoms with Crippen molar-refractivity contribution in [1.29, 1.82) is 0 Å². The Bertz CT molecular complexity index is 1460. The fraction of sp³-hybridized carbons (Fsp3) is 0.259. The molecule has 0 spiro atoms. The molecule has 1 aliphatic rings. The number of nitrogens with two attached hydrogens (primary N) is 1. The van der Waals surface area contributed by atoms with Gasteiger partial charge in [-0.2, -0.15) is 5.10 Å². The van der Waals surface area contributed by atoms with Gasteiger partial charge in [0.15, 0.2) is 5.82 Å². The number of anilines is 2. The SMILES string of the molecule is COc1cc2nccc(Oc3ccc(Nc4nn(C)cc4C(=O)N4CCCCC4)cc3)c2cc1C(N)=O. The minimum atomic E-state index is -0.600. The highest BCUT2D eigenvalue weighted by Crippen LogP contribution is 2.34. The van der Waals surface area contributed by atoms with Gasteiger partial charge in [-0.15, -0.1) is 0 Å². The molecule has 3 heterocycles. The molecule has 10 nitrogen and oxygen atoms in total. The van der Waals surface area contributed by atoms with Crippen LogP contribution >= 0.6 is 0 Å². The molecular weight excluding hydrogens is 472 g/mol. The van der Waals surface area contributed by atoms with Crippen LogP contribution in [0.3, 0.4) is 0 Å². The van der Waals surface area contributed by atoms with Crippen molar-refractivity contribution in [3.05, 3.63) is 66.0 Å². The highest BCUT2D eigenvalue weighted by Gasteiger charge is 2.23. The van der Waals surface area contributed by atoms with Crippen molar-refractivity contribution in [2.45, 2.75) is 19.3 Å². The maximum absolute atomic E-state index is 13.1. The number of aryl methyl sites for hydroxylation is 1. The topological polar surface area (TPSA) is 125 Å². The molecule has 37 heavy (non-hydrogen) atoms. The summed E-state index contributed by atoms with van der Waals surface area (Å²) < 4.78 is 13.0. The van der Waals surface area contributed by atoms with Crippen LogP contribution in [-0.2, 0) is 7.05 Å². The van der Waals surface area contributed by atoms with Gasteiger partial charge in [0.1, 0.15) is 22.8 Å². The summed E-state index contributed by atoms with van der Waals surface area (Å²) in [6.45, 7) is 1.55. The van der Waals surface area contributed by atoms with E-state index in [0.717, 1.165) is 38.0 Å². The van der Waals surface area contributed by atoms with Gasteiger partial charge in [0, 0.05) is 49.7 Å². The third-order valence-corrected chi connectivity index (χ3v) is 6.34. The van der Waals surface area contributed by atoms with Crippen LogP contribution in [-0.4, -0.2) is 51.7 Å². The lowest BCUT2D eigenvalue weighted by atomic mass is 10.1. The molecule has 190 valence electrons. The van der Waals surface area contributed by atoms with E-state index in [-0.39, 0.29) is 11.5 Å². The van der Waals surface area contributed by atoms with Gasteiger partial charge < -0.3 is 25.4 Å². The maximum Gasteiger partial charge on any atom is 0.259 e. The summed E-state index contributed by atoms with van der Waals surface area (Å²) in [5.74, 6) is 1.37. The fourth-order valence-electron chi connectivity index (χ4n) is 4.47. The molecule has 1 fully saturated rings. The monoisotopic (exact) mass is 500 g/mol. The molecule has 3 N–H and O–H groups in total. The number of hydrogen-bond acceptors (Lipinski definition) is 7. The van der Waals surface area contributed by atoms with E-state index >= 15 is 0 Å². The number of likely N-dealkylation sites (tertiary alicyclic amines) is 1. The highest BCUT2D eigenvalue weighted by molar-refractivity contribution is 6.01. The van der Waals surface area contributed by atoms with Gasteiger partial charge in [0.05, 0.1) is 18.2 Å². The van der Waals surface area contributed by atoms with Gasteiger partial charge in [-0.05, 0) is 55.7 Å². The van der Waals surface area contributed by atoms with Crippen molar-refractivity contribution in [1.82, 2.24) is 19.7 Å². The van der Waals surface area contributed by atoms with Gasteiger partial charge in [-0.3, -0.25) is 19.3 Å². The number of methoxy groups -OCH3 is 1. The van der Waals surface area contributed by atoms with Crippen LogP contribution in [0.1, 0.15) is 40.0 Å². The van der Waals surface area contributed by atoms with Crippen molar-refractivity contribution in [3.63, 3.8) is 0 Å². The van der Waals surface area contributed by atoms with Crippen LogP contribution in [0, 0.1) is 0 Å². The first-order valence-electron chi connectivity index (χ1n) is 12.1. The standard InChI is InChI=1S/C27H28N6O4/c1-32-16-21(27(35)33-12-4-3-5-13-33)26(31-32)30-17-6-8-18(9-7-17)37-23-10-11-29-22-15-24(36-2)20(25(28)34)14-19(22)23/h6-11,14-16H,3-5,12-13H2,1-2H3,(H2,28,34)(H,30,31). The zero-order chi connectivity index (χ0) is 25.9. The quantitative estimate of drug-likeness (QED) is 0.389. The van der Waals surface area contributed by atoms with Crippen molar-refractivity contribution in [3.8, 4) is 17.2 Å². The first-order chi connectivity index (χ1) is 17.9. The number of ether oxygens (including phenoxy) is 2. The number of rotatable bonds is 7. The van der Waals surface area contributed by atoms with E-state index < -0.39 is 5.91 Å². The molecule has 4 aromatic rings. The second kappa shape index (κ2) is 10.2. The summed E-state index contributed by atoms with van der Waals surface area (Å²) in [4.78, 5) is 31.2. The maximum atomic E-state index is 13.1. The van der Waals surface area contributed by atoms with Crippen LogP contribution in [0.15, 0.2) is 54.9 Å².